The summed E-state index contributed by atoms with van der Waals surface area (Å²) in [7, 11) is 1.36. The molecule has 8 nitrogen and oxygen atoms in total. The first kappa shape index (κ1) is 31.7. The molecule has 0 aromatic heterocycles. The topological polar surface area (TPSA) is 123 Å². The van der Waals surface area contributed by atoms with Crippen molar-refractivity contribution in [2.45, 2.75) is 96.5 Å². The van der Waals surface area contributed by atoms with Crippen LogP contribution < -0.4 is 0 Å². The zero-order valence-corrected chi connectivity index (χ0v) is 20.4. The normalized spacial score (nSPS) is 14.7. The number of rotatable bonds is 20. The number of carboxylic acids is 1. The van der Waals surface area contributed by atoms with Gasteiger partial charge in [-0.15, -0.1) is 0 Å². The summed E-state index contributed by atoms with van der Waals surface area (Å²) < 4.78 is 22.7. The van der Waals surface area contributed by atoms with Gasteiger partial charge in [0.25, 0.3) is 0 Å². The van der Waals surface area contributed by atoms with Crippen molar-refractivity contribution in [3.05, 3.63) is 0 Å². The Morgan fingerprint density at radius 2 is 1.33 bits per heavy atom. The third kappa shape index (κ3) is 22.2. The Morgan fingerprint density at radius 3 is 1.73 bits per heavy atom. The summed E-state index contributed by atoms with van der Waals surface area (Å²) in [6, 6.07) is 0. The second kappa shape index (κ2) is 18.1. The number of hydrogen-bond acceptors (Lipinski definition) is 5. The number of aliphatic carboxylic acids is 1. The van der Waals surface area contributed by atoms with Gasteiger partial charge in [-0.2, -0.15) is 0 Å². The summed E-state index contributed by atoms with van der Waals surface area (Å²) in [6.45, 7) is 2.69. The molecule has 0 aromatic rings. The van der Waals surface area contributed by atoms with Crippen molar-refractivity contribution < 1.29 is 38.4 Å². The molecule has 2 atom stereocenters. The lowest BCUT2D eigenvalue weighted by molar-refractivity contribution is -0.873. The van der Waals surface area contributed by atoms with Crippen molar-refractivity contribution in [3.63, 3.8) is 0 Å². The van der Waals surface area contributed by atoms with Gasteiger partial charge in [-0.3, -0.25) is 13.8 Å². The van der Waals surface area contributed by atoms with Crippen molar-refractivity contribution in [1.29, 1.82) is 0 Å². The maximum absolute atomic E-state index is 12.1. The number of hydrogen-bond donors (Lipinski definition) is 2. The molecule has 0 aromatic carbocycles. The lowest BCUT2D eigenvalue weighted by Gasteiger charge is -2.29. The number of carbonyl (C=O) groups is 1. The predicted molar refractivity (Wildman–Crippen MR) is 119 cm³/mol. The van der Waals surface area contributed by atoms with Gasteiger partial charge >= 0.3 is 13.8 Å². The minimum absolute atomic E-state index is 0. The lowest BCUT2D eigenvalue weighted by Crippen LogP contribution is -2.42. The summed E-state index contributed by atoms with van der Waals surface area (Å²) in [5, 5.41) is 8.98. The van der Waals surface area contributed by atoms with Crippen molar-refractivity contribution in [1.82, 2.24) is 0 Å². The van der Waals surface area contributed by atoms with Crippen molar-refractivity contribution in [3.8, 4) is 0 Å². The summed E-state index contributed by atoms with van der Waals surface area (Å²) in [5.74, 6) is -1.07. The zero-order chi connectivity index (χ0) is 22.2. The maximum Gasteiger partial charge on any atom is 0.472 e. The van der Waals surface area contributed by atoms with Crippen LogP contribution in [-0.2, 0) is 18.4 Å². The molecule has 0 fully saturated rings. The molecule has 0 spiro atoms. The van der Waals surface area contributed by atoms with E-state index in [2.05, 4.69) is 6.92 Å². The standard InChI is InChI=1S/C21H44NO6P.H2O/c1-5-6-7-8-9-10-11-12-13-14-15-16-17-27-29(25,26)28-20(18-21(23)24)19-22(2,3)4;/h20H,5-19H2,1-4H3,(H-,23,24,25,26);1H2/t20-;/m1./s1. The van der Waals surface area contributed by atoms with Gasteiger partial charge in [0.05, 0.1) is 34.2 Å². The molecule has 0 radical (unpaired) electrons. The quantitative estimate of drug-likeness (QED) is 0.147. The smallest absolute Gasteiger partial charge is 0.472 e. The van der Waals surface area contributed by atoms with Crippen LogP contribution in [0.25, 0.3) is 0 Å². The minimum Gasteiger partial charge on any atom is -0.870 e. The molecular weight excluding hydrogens is 409 g/mol. The van der Waals surface area contributed by atoms with E-state index in [1.165, 1.54) is 57.8 Å². The van der Waals surface area contributed by atoms with E-state index >= 15 is 0 Å². The molecule has 1 unspecified atom stereocenters. The fourth-order valence-electron chi connectivity index (χ4n) is 3.28. The Labute approximate surface area is 183 Å². The minimum atomic E-state index is -4.25. The van der Waals surface area contributed by atoms with Crippen LogP contribution >= 0.6 is 7.82 Å². The van der Waals surface area contributed by atoms with Crippen molar-refractivity contribution >= 4 is 13.8 Å². The first-order valence-corrected chi connectivity index (χ1v) is 12.7. The van der Waals surface area contributed by atoms with E-state index in [1.807, 2.05) is 21.1 Å². The number of unbranched alkanes of at least 4 members (excludes halogenated alkanes) is 11. The van der Waals surface area contributed by atoms with E-state index in [9.17, 15) is 14.3 Å². The SMILES string of the molecule is CCCCCCCCCCCCCCOP(=O)(O)O[C@H](CC(=O)O)C[N+](C)(C)C.[OH-]. The highest BCUT2D eigenvalue weighted by atomic mass is 31.2. The maximum atomic E-state index is 12.1. The third-order valence-corrected chi connectivity index (χ3v) is 5.76. The third-order valence-electron chi connectivity index (χ3n) is 4.69. The van der Waals surface area contributed by atoms with E-state index in [-0.39, 0.29) is 18.5 Å². The summed E-state index contributed by atoms with van der Waals surface area (Å²) in [5.41, 5.74) is 0. The first-order valence-electron chi connectivity index (χ1n) is 11.2. The highest BCUT2D eigenvalue weighted by molar-refractivity contribution is 7.47. The number of carboxylic acid groups (broad SMARTS) is 1. The van der Waals surface area contributed by atoms with Crippen LogP contribution in [0.3, 0.4) is 0 Å². The van der Waals surface area contributed by atoms with Gasteiger partial charge in [0, 0.05) is 0 Å². The largest absolute Gasteiger partial charge is 0.870 e. The number of phosphoric ester groups is 1. The van der Waals surface area contributed by atoms with Crippen LogP contribution in [-0.4, -0.2) is 66.3 Å². The van der Waals surface area contributed by atoms with E-state index in [0.29, 0.717) is 17.4 Å². The average Bonchev–Trinajstić information content (AvgIpc) is 2.56. The Hall–Kier alpha value is -0.500. The number of likely N-dealkylation sites (N-methyl/N-ethyl adjacent to an activating group) is 1. The van der Waals surface area contributed by atoms with Gasteiger partial charge in [-0.25, -0.2) is 4.57 Å². The summed E-state index contributed by atoms with van der Waals surface area (Å²) >= 11 is 0. The molecule has 9 heteroatoms. The van der Waals surface area contributed by atoms with Crippen molar-refractivity contribution in [2.24, 2.45) is 0 Å². The van der Waals surface area contributed by atoms with E-state index < -0.39 is 19.9 Å². The molecule has 0 aliphatic rings. The molecule has 30 heavy (non-hydrogen) atoms. The Balaban J connectivity index is 0. The molecular formula is C21H46NO7P. The first-order chi connectivity index (χ1) is 13.6. The fraction of sp³-hybridized carbons (Fsp3) is 0.952. The zero-order valence-electron chi connectivity index (χ0n) is 19.6. The Kier molecular flexibility index (Phi) is 19.1. The van der Waals surface area contributed by atoms with Crippen LogP contribution in [0.5, 0.6) is 0 Å². The predicted octanol–water partition coefficient (Wildman–Crippen LogP) is 5.19. The van der Waals surface area contributed by atoms with Gasteiger partial charge < -0.3 is 20.0 Å². The Morgan fingerprint density at radius 1 is 0.900 bits per heavy atom. The van der Waals surface area contributed by atoms with E-state index in [1.54, 1.807) is 0 Å². The molecule has 0 aliphatic carbocycles. The van der Waals surface area contributed by atoms with Gasteiger partial charge in [0.1, 0.15) is 12.6 Å². The second-order valence-electron chi connectivity index (χ2n) is 8.99. The van der Waals surface area contributed by atoms with Crippen LogP contribution in [0.15, 0.2) is 0 Å². The fourth-order valence-corrected chi connectivity index (χ4v) is 4.22. The van der Waals surface area contributed by atoms with Gasteiger partial charge in [-0.05, 0) is 6.42 Å². The van der Waals surface area contributed by atoms with Crippen LogP contribution in [0.2, 0.25) is 0 Å². The van der Waals surface area contributed by atoms with Gasteiger partial charge in [-0.1, -0.05) is 77.6 Å². The molecule has 0 amide bonds. The van der Waals surface area contributed by atoms with E-state index in [4.69, 9.17) is 14.2 Å². The molecule has 0 saturated heterocycles. The van der Waals surface area contributed by atoms with Crippen LogP contribution in [0, 0.1) is 0 Å². The van der Waals surface area contributed by atoms with Crippen molar-refractivity contribution in [2.75, 3.05) is 34.3 Å². The lowest BCUT2D eigenvalue weighted by atomic mass is 10.1. The van der Waals surface area contributed by atoms with Crippen LogP contribution in [0.4, 0.5) is 0 Å². The van der Waals surface area contributed by atoms with Gasteiger partial charge in [0.2, 0.25) is 0 Å². The molecule has 0 saturated carbocycles. The summed E-state index contributed by atoms with van der Waals surface area (Å²) in [4.78, 5) is 20.9. The molecule has 3 N–H and O–H groups in total. The monoisotopic (exact) mass is 455 g/mol. The average molecular weight is 456 g/mol. The van der Waals surface area contributed by atoms with E-state index in [0.717, 1.165) is 12.8 Å². The molecule has 0 aliphatic heterocycles. The second-order valence-corrected chi connectivity index (χ2v) is 10.4. The Bertz CT molecular complexity index is 469. The highest BCUT2D eigenvalue weighted by Gasteiger charge is 2.31. The molecule has 0 heterocycles. The summed E-state index contributed by atoms with van der Waals surface area (Å²) in [6.07, 6.45) is 13.3. The molecule has 182 valence electrons. The highest BCUT2D eigenvalue weighted by Crippen LogP contribution is 2.45. The van der Waals surface area contributed by atoms with Gasteiger partial charge in [0.15, 0.2) is 0 Å². The number of phosphoric acid groups is 1. The number of quaternary nitrogens is 1. The number of nitrogens with zero attached hydrogens (tertiary/aromatic N) is 1. The molecule has 0 bridgehead atoms. The van der Waals surface area contributed by atoms with Crippen LogP contribution in [0.1, 0.15) is 90.4 Å². The molecule has 0 rings (SSSR count).